The summed E-state index contributed by atoms with van der Waals surface area (Å²) in [4.78, 5) is 25.4. The highest BCUT2D eigenvalue weighted by Gasteiger charge is 2.33. The standard InChI is InChI=1S/C23H30N2O4/c1-6-16-12-15(3)13-17(7-2)19(16)20-18(14-23(4,5)22(27)28)24-8-10-29-11-9-25(24)21(20)26/h8,10,12-13H,6-7,9,11,14H2,1-5H3,(H,27,28). The summed E-state index contributed by atoms with van der Waals surface area (Å²) < 4.78 is 8.84. The molecule has 3 rings (SSSR count). The van der Waals surface area contributed by atoms with E-state index in [4.69, 9.17) is 4.74 Å². The van der Waals surface area contributed by atoms with Gasteiger partial charge in [-0.2, -0.15) is 0 Å². The first-order chi connectivity index (χ1) is 13.7. The Kier molecular flexibility index (Phi) is 5.73. The summed E-state index contributed by atoms with van der Waals surface area (Å²) in [7, 11) is 0. The second-order valence-electron chi connectivity index (χ2n) is 8.28. The molecule has 0 atom stereocenters. The average molecular weight is 399 g/mol. The summed E-state index contributed by atoms with van der Waals surface area (Å²) >= 11 is 0. The van der Waals surface area contributed by atoms with E-state index in [1.807, 2.05) is 0 Å². The smallest absolute Gasteiger partial charge is 0.309 e. The number of carboxylic acid groups (broad SMARTS) is 1. The van der Waals surface area contributed by atoms with Gasteiger partial charge < -0.3 is 9.84 Å². The molecule has 6 heteroatoms. The topological polar surface area (TPSA) is 73.5 Å². The predicted molar refractivity (Wildman–Crippen MR) is 114 cm³/mol. The molecular weight excluding hydrogens is 368 g/mol. The van der Waals surface area contributed by atoms with Crippen molar-refractivity contribution in [3.8, 4) is 11.1 Å². The second kappa shape index (κ2) is 7.93. The van der Waals surface area contributed by atoms with Gasteiger partial charge in [0, 0.05) is 6.42 Å². The normalized spacial score (nSPS) is 13.7. The molecule has 0 amide bonds. The zero-order valence-corrected chi connectivity index (χ0v) is 17.9. The van der Waals surface area contributed by atoms with Crippen molar-refractivity contribution < 1.29 is 14.6 Å². The molecule has 0 spiro atoms. The van der Waals surface area contributed by atoms with Gasteiger partial charge in [0.25, 0.3) is 5.56 Å². The predicted octanol–water partition coefficient (Wildman–Crippen LogP) is 3.86. The van der Waals surface area contributed by atoms with Gasteiger partial charge >= 0.3 is 5.97 Å². The van der Waals surface area contributed by atoms with Crippen LogP contribution in [-0.4, -0.2) is 27.0 Å². The molecule has 1 aliphatic rings. The van der Waals surface area contributed by atoms with Crippen LogP contribution in [0, 0.1) is 12.3 Å². The third-order valence-electron chi connectivity index (χ3n) is 5.64. The van der Waals surface area contributed by atoms with Gasteiger partial charge in [-0.1, -0.05) is 31.5 Å². The van der Waals surface area contributed by atoms with Gasteiger partial charge in [0.15, 0.2) is 0 Å². The first-order valence-electron chi connectivity index (χ1n) is 10.2. The number of carbonyl (C=O) groups is 1. The summed E-state index contributed by atoms with van der Waals surface area (Å²) in [5.41, 5.74) is 4.61. The van der Waals surface area contributed by atoms with E-state index >= 15 is 0 Å². The fourth-order valence-electron chi connectivity index (χ4n) is 4.03. The number of aromatic nitrogens is 2. The Hall–Kier alpha value is -2.76. The van der Waals surface area contributed by atoms with Crippen molar-refractivity contribution in [1.82, 2.24) is 9.36 Å². The number of hydrogen-bond acceptors (Lipinski definition) is 3. The van der Waals surface area contributed by atoms with Crippen LogP contribution in [0.1, 0.15) is 50.1 Å². The first-order valence-corrected chi connectivity index (χ1v) is 10.2. The molecule has 0 bridgehead atoms. The van der Waals surface area contributed by atoms with Crippen molar-refractivity contribution in [1.29, 1.82) is 0 Å². The van der Waals surface area contributed by atoms with E-state index in [0.29, 0.717) is 18.7 Å². The number of nitrogens with zero attached hydrogens (tertiary/aromatic N) is 2. The molecule has 156 valence electrons. The second-order valence-corrected chi connectivity index (χ2v) is 8.28. The van der Waals surface area contributed by atoms with Crippen molar-refractivity contribution in [2.24, 2.45) is 5.41 Å². The van der Waals surface area contributed by atoms with Crippen LogP contribution in [0.15, 0.2) is 23.2 Å². The van der Waals surface area contributed by atoms with E-state index in [0.717, 1.165) is 35.2 Å². The summed E-state index contributed by atoms with van der Waals surface area (Å²) in [6.07, 6.45) is 5.13. The number of fused-ring (bicyclic) bond motifs is 1. The maximum absolute atomic E-state index is 13.6. The van der Waals surface area contributed by atoms with Crippen molar-refractivity contribution in [3.05, 3.63) is 51.1 Å². The number of hydrogen-bond donors (Lipinski definition) is 1. The molecular formula is C23H30N2O4. The van der Waals surface area contributed by atoms with E-state index in [9.17, 15) is 14.7 Å². The Labute approximate surface area is 171 Å². The molecule has 0 saturated carbocycles. The molecule has 0 saturated heterocycles. The molecule has 0 radical (unpaired) electrons. The number of carboxylic acids is 1. The lowest BCUT2D eigenvalue weighted by Gasteiger charge is -2.22. The summed E-state index contributed by atoms with van der Waals surface area (Å²) in [6.45, 7) is 10.5. The van der Waals surface area contributed by atoms with Gasteiger partial charge in [0.1, 0.15) is 12.9 Å². The summed E-state index contributed by atoms with van der Waals surface area (Å²) in [5.74, 6) is -0.888. The van der Waals surface area contributed by atoms with Gasteiger partial charge in [-0.25, -0.2) is 4.68 Å². The highest BCUT2D eigenvalue weighted by atomic mass is 16.5. The minimum absolute atomic E-state index is 0.0930. The van der Waals surface area contributed by atoms with Gasteiger partial charge in [-0.3, -0.25) is 14.3 Å². The molecule has 6 nitrogen and oxygen atoms in total. The Morgan fingerprint density at radius 1 is 1.17 bits per heavy atom. The zero-order valence-electron chi connectivity index (χ0n) is 17.9. The maximum Gasteiger partial charge on any atom is 0.309 e. The molecule has 1 aromatic carbocycles. The molecule has 1 aromatic heterocycles. The van der Waals surface area contributed by atoms with Crippen LogP contribution >= 0.6 is 0 Å². The SMILES string of the molecule is CCc1cc(C)cc(CC)c1-c1c(CC(C)(C)C(=O)O)n2n(c1=O)CCOC=C2. The fraction of sp³-hybridized carbons (Fsp3) is 0.478. The Bertz CT molecular complexity index is 999. The average Bonchev–Trinajstić information content (AvgIpc) is 2.84. The third kappa shape index (κ3) is 3.76. The lowest BCUT2D eigenvalue weighted by Crippen LogP contribution is -2.28. The Morgan fingerprint density at radius 2 is 1.79 bits per heavy atom. The third-order valence-corrected chi connectivity index (χ3v) is 5.64. The van der Waals surface area contributed by atoms with Crippen LogP contribution in [-0.2, 0) is 35.3 Å². The van der Waals surface area contributed by atoms with Gasteiger partial charge in [-0.15, -0.1) is 0 Å². The molecule has 0 unspecified atom stereocenters. The number of aliphatic carboxylic acids is 1. The minimum atomic E-state index is -1.01. The van der Waals surface area contributed by atoms with Crippen molar-refractivity contribution >= 4 is 12.2 Å². The van der Waals surface area contributed by atoms with E-state index in [1.54, 1.807) is 35.7 Å². The molecule has 2 aromatic rings. The van der Waals surface area contributed by atoms with Crippen molar-refractivity contribution in [3.63, 3.8) is 0 Å². The molecule has 1 aliphatic heterocycles. The summed E-state index contributed by atoms with van der Waals surface area (Å²) in [5, 5.41) is 9.73. The largest absolute Gasteiger partial charge is 0.498 e. The van der Waals surface area contributed by atoms with E-state index in [1.165, 1.54) is 5.56 Å². The van der Waals surface area contributed by atoms with Crippen LogP contribution in [0.4, 0.5) is 0 Å². The monoisotopic (exact) mass is 398 g/mol. The lowest BCUT2D eigenvalue weighted by molar-refractivity contribution is -0.146. The molecule has 1 N–H and O–H groups in total. The lowest BCUT2D eigenvalue weighted by atomic mass is 9.83. The molecule has 0 fully saturated rings. The Balaban J connectivity index is 2.39. The highest BCUT2D eigenvalue weighted by molar-refractivity contribution is 5.77. The number of benzene rings is 1. The molecule has 29 heavy (non-hydrogen) atoms. The van der Waals surface area contributed by atoms with Crippen molar-refractivity contribution in [2.75, 3.05) is 6.61 Å². The molecule has 2 heterocycles. The van der Waals surface area contributed by atoms with Gasteiger partial charge in [-0.05, 0) is 50.3 Å². The van der Waals surface area contributed by atoms with E-state index < -0.39 is 11.4 Å². The van der Waals surface area contributed by atoms with Crippen LogP contribution in [0.5, 0.6) is 0 Å². The van der Waals surface area contributed by atoms with Crippen LogP contribution in [0.3, 0.4) is 0 Å². The van der Waals surface area contributed by atoms with Crippen LogP contribution < -0.4 is 5.56 Å². The van der Waals surface area contributed by atoms with E-state index in [2.05, 4.69) is 32.9 Å². The minimum Gasteiger partial charge on any atom is -0.498 e. The van der Waals surface area contributed by atoms with Crippen LogP contribution in [0.25, 0.3) is 17.3 Å². The first kappa shape index (κ1) is 21.0. The maximum atomic E-state index is 13.6. The Morgan fingerprint density at radius 3 is 2.34 bits per heavy atom. The summed E-state index contributed by atoms with van der Waals surface area (Å²) in [6, 6.07) is 4.26. The van der Waals surface area contributed by atoms with Gasteiger partial charge in [0.05, 0.1) is 29.4 Å². The number of aryl methyl sites for hydroxylation is 3. The van der Waals surface area contributed by atoms with Crippen LogP contribution in [0.2, 0.25) is 0 Å². The van der Waals surface area contributed by atoms with Gasteiger partial charge in [0.2, 0.25) is 0 Å². The molecule has 0 aliphatic carbocycles. The zero-order chi connectivity index (χ0) is 21.3. The quantitative estimate of drug-likeness (QED) is 0.802. The van der Waals surface area contributed by atoms with Crippen molar-refractivity contribution in [2.45, 2.75) is 60.4 Å². The fourth-order valence-corrected chi connectivity index (χ4v) is 4.03. The van der Waals surface area contributed by atoms with E-state index in [-0.39, 0.29) is 12.0 Å². The number of ether oxygens (including phenoxy) is 1. The number of rotatable bonds is 6. The highest BCUT2D eigenvalue weighted by Crippen LogP contribution is 2.34.